The number of nitrogens with one attached hydrogen (secondary N) is 2. The molecule has 4 rings (SSSR count). The second-order valence-electron chi connectivity index (χ2n) is 7.97. The first-order chi connectivity index (χ1) is 18.0. The summed E-state index contributed by atoms with van der Waals surface area (Å²) in [6.45, 7) is 0. The van der Waals surface area contributed by atoms with E-state index in [0.29, 0.717) is 39.3 Å². The molecule has 0 bridgehead atoms. The average Bonchev–Trinajstić information content (AvgIpc) is 3.35. The van der Waals surface area contributed by atoms with E-state index in [2.05, 4.69) is 10.3 Å². The number of ether oxygens (including phenoxy) is 4. The van der Waals surface area contributed by atoms with Crippen molar-refractivity contribution in [1.29, 1.82) is 0 Å². The van der Waals surface area contributed by atoms with Gasteiger partial charge in [-0.25, -0.2) is 0 Å². The predicted molar refractivity (Wildman–Crippen MR) is 148 cm³/mol. The fourth-order valence-corrected chi connectivity index (χ4v) is 4.29. The number of hydrogen-bond acceptors (Lipinski definition) is 6. The SMILES string of the molecule is COc1cc(C=Cc2cc(Cl)c(OC)c(N/C=C\C(=O)c3c[nH]c4ccccc34)c2)cc(OC)c1OC. The molecule has 0 aliphatic rings. The quantitative estimate of drug-likeness (QED) is 0.136. The second-order valence-corrected chi connectivity index (χ2v) is 8.37. The van der Waals surface area contributed by atoms with Crippen molar-refractivity contribution in [3.63, 3.8) is 0 Å². The number of aromatic nitrogens is 1. The number of methoxy groups -OCH3 is 4. The standard InChI is InChI=1S/C29H27ClN2O5/c1-34-26-15-19(16-27(35-2)29(26)37-4)10-9-18-13-22(30)28(36-3)24(14-18)31-12-11-25(33)21-17-32-23-8-6-5-7-20(21)23/h5-17,31-32H,1-4H3/b10-9?,12-11-. The van der Waals surface area contributed by atoms with E-state index in [-0.39, 0.29) is 5.78 Å². The highest BCUT2D eigenvalue weighted by atomic mass is 35.5. The number of anilines is 1. The number of allylic oxidation sites excluding steroid dienone is 1. The zero-order chi connectivity index (χ0) is 26.4. The lowest BCUT2D eigenvalue weighted by atomic mass is 10.1. The number of carbonyl (C=O) groups excluding carboxylic acids is 1. The molecule has 0 spiro atoms. The Labute approximate surface area is 220 Å². The third-order valence-corrected chi connectivity index (χ3v) is 6.03. The molecular formula is C29H27ClN2O5. The van der Waals surface area contributed by atoms with Crippen LogP contribution >= 0.6 is 11.6 Å². The summed E-state index contributed by atoms with van der Waals surface area (Å²) in [5, 5.41) is 4.42. The first-order valence-corrected chi connectivity index (χ1v) is 11.8. The van der Waals surface area contributed by atoms with Gasteiger partial charge < -0.3 is 29.2 Å². The van der Waals surface area contributed by atoms with Crippen molar-refractivity contribution in [3.05, 3.63) is 88.7 Å². The van der Waals surface area contributed by atoms with Gasteiger partial charge in [-0.15, -0.1) is 0 Å². The van der Waals surface area contributed by atoms with Crippen LogP contribution in [0.3, 0.4) is 0 Å². The van der Waals surface area contributed by atoms with Gasteiger partial charge in [-0.3, -0.25) is 4.79 Å². The number of H-pyrrole nitrogens is 1. The van der Waals surface area contributed by atoms with Crippen LogP contribution in [0.25, 0.3) is 23.1 Å². The number of halogens is 1. The van der Waals surface area contributed by atoms with Gasteiger partial charge in [0.25, 0.3) is 0 Å². The first kappa shape index (κ1) is 25.7. The van der Waals surface area contributed by atoms with Gasteiger partial charge in [0.1, 0.15) is 0 Å². The summed E-state index contributed by atoms with van der Waals surface area (Å²) in [7, 11) is 6.25. The number of fused-ring (bicyclic) bond motifs is 1. The maximum absolute atomic E-state index is 12.8. The molecule has 0 amide bonds. The minimum atomic E-state index is -0.131. The molecule has 4 aromatic rings. The molecule has 7 nitrogen and oxygen atoms in total. The van der Waals surface area contributed by atoms with Crippen molar-refractivity contribution in [2.45, 2.75) is 0 Å². The Bertz CT molecular complexity index is 1460. The van der Waals surface area contributed by atoms with Crippen LogP contribution in [-0.2, 0) is 0 Å². The molecule has 190 valence electrons. The molecule has 1 aromatic heterocycles. The molecule has 3 aromatic carbocycles. The van der Waals surface area contributed by atoms with Crippen molar-refractivity contribution in [2.75, 3.05) is 33.8 Å². The summed E-state index contributed by atoms with van der Waals surface area (Å²) in [6, 6.07) is 15.0. The van der Waals surface area contributed by atoms with Crippen molar-refractivity contribution in [1.82, 2.24) is 4.98 Å². The molecule has 8 heteroatoms. The molecule has 0 saturated heterocycles. The number of carbonyl (C=O) groups is 1. The maximum atomic E-state index is 12.8. The molecule has 37 heavy (non-hydrogen) atoms. The third kappa shape index (κ3) is 5.57. The topological polar surface area (TPSA) is 81.8 Å². The molecule has 0 saturated carbocycles. The zero-order valence-corrected chi connectivity index (χ0v) is 21.7. The van der Waals surface area contributed by atoms with Crippen LogP contribution in [0.4, 0.5) is 5.69 Å². The van der Waals surface area contributed by atoms with E-state index >= 15 is 0 Å². The molecule has 0 fully saturated rings. The molecular weight excluding hydrogens is 492 g/mol. The van der Waals surface area contributed by atoms with Crippen LogP contribution in [-0.4, -0.2) is 39.2 Å². The van der Waals surface area contributed by atoms with Crippen LogP contribution in [0.1, 0.15) is 21.5 Å². The first-order valence-electron chi connectivity index (χ1n) is 11.4. The molecule has 0 aliphatic carbocycles. The van der Waals surface area contributed by atoms with Gasteiger partial charge in [-0.1, -0.05) is 42.0 Å². The Morgan fingerprint density at radius 3 is 2.16 bits per heavy atom. The average molecular weight is 519 g/mol. The second kappa shape index (κ2) is 11.6. The highest BCUT2D eigenvalue weighted by Crippen LogP contribution is 2.39. The zero-order valence-electron chi connectivity index (χ0n) is 20.9. The third-order valence-electron chi connectivity index (χ3n) is 5.75. The van der Waals surface area contributed by atoms with Gasteiger partial charge >= 0.3 is 0 Å². The Morgan fingerprint density at radius 2 is 1.51 bits per heavy atom. The summed E-state index contributed by atoms with van der Waals surface area (Å²) < 4.78 is 21.7. The van der Waals surface area contributed by atoms with Crippen molar-refractivity contribution in [2.24, 2.45) is 0 Å². The Hall–Kier alpha value is -4.36. The number of benzene rings is 3. The molecule has 1 heterocycles. The van der Waals surface area contributed by atoms with Gasteiger partial charge in [0.2, 0.25) is 5.75 Å². The van der Waals surface area contributed by atoms with Gasteiger partial charge in [-0.2, -0.15) is 0 Å². The lowest BCUT2D eigenvalue weighted by molar-refractivity contribution is 0.104. The lowest BCUT2D eigenvalue weighted by Gasteiger charge is -2.13. The predicted octanol–water partition coefficient (Wildman–Crippen LogP) is 6.83. The minimum absolute atomic E-state index is 0.131. The number of hydrogen-bond donors (Lipinski definition) is 2. The van der Waals surface area contributed by atoms with E-state index in [4.69, 9.17) is 30.5 Å². The number of para-hydroxylation sites is 1. The van der Waals surface area contributed by atoms with Gasteiger partial charge in [-0.05, 0) is 41.5 Å². The van der Waals surface area contributed by atoms with Gasteiger partial charge in [0.15, 0.2) is 23.0 Å². The number of rotatable bonds is 10. The van der Waals surface area contributed by atoms with Gasteiger partial charge in [0, 0.05) is 34.9 Å². The van der Waals surface area contributed by atoms with E-state index in [0.717, 1.165) is 22.0 Å². The van der Waals surface area contributed by atoms with Gasteiger partial charge in [0.05, 0.1) is 39.1 Å². The maximum Gasteiger partial charge on any atom is 0.203 e. The Morgan fingerprint density at radius 1 is 0.865 bits per heavy atom. The van der Waals surface area contributed by atoms with E-state index < -0.39 is 0 Å². The van der Waals surface area contributed by atoms with Crippen molar-refractivity contribution >= 4 is 46.1 Å². The largest absolute Gasteiger partial charge is 0.493 e. The van der Waals surface area contributed by atoms with Crippen LogP contribution in [0.2, 0.25) is 5.02 Å². The minimum Gasteiger partial charge on any atom is -0.493 e. The highest BCUT2D eigenvalue weighted by molar-refractivity contribution is 6.32. The van der Waals surface area contributed by atoms with Crippen LogP contribution in [0.5, 0.6) is 23.0 Å². The van der Waals surface area contributed by atoms with Crippen molar-refractivity contribution < 1.29 is 23.7 Å². The summed E-state index contributed by atoms with van der Waals surface area (Å²) in [5.41, 5.74) is 3.79. The number of ketones is 1. The summed E-state index contributed by atoms with van der Waals surface area (Å²) in [5.74, 6) is 1.97. The number of aromatic amines is 1. The molecule has 0 aliphatic heterocycles. The smallest absolute Gasteiger partial charge is 0.203 e. The summed E-state index contributed by atoms with van der Waals surface area (Å²) >= 11 is 6.49. The summed E-state index contributed by atoms with van der Waals surface area (Å²) in [4.78, 5) is 15.9. The van der Waals surface area contributed by atoms with E-state index in [1.807, 2.05) is 54.6 Å². The normalized spacial score (nSPS) is 11.3. The monoisotopic (exact) mass is 518 g/mol. The molecule has 0 unspecified atom stereocenters. The fourth-order valence-electron chi connectivity index (χ4n) is 3.99. The molecule has 0 radical (unpaired) electrons. The van der Waals surface area contributed by atoms with Crippen molar-refractivity contribution in [3.8, 4) is 23.0 Å². The molecule has 2 N–H and O–H groups in total. The van der Waals surface area contributed by atoms with E-state index in [1.54, 1.807) is 46.9 Å². The van der Waals surface area contributed by atoms with Crippen LogP contribution in [0, 0.1) is 0 Å². The highest BCUT2D eigenvalue weighted by Gasteiger charge is 2.13. The van der Waals surface area contributed by atoms with Crippen LogP contribution < -0.4 is 24.3 Å². The Balaban J connectivity index is 1.57. The molecule has 0 atom stereocenters. The fraction of sp³-hybridized carbons (Fsp3) is 0.138. The Kier molecular flexibility index (Phi) is 8.05. The van der Waals surface area contributed by atoms with Crippen LogP contribution in [0.15, 0.2) is 67.0 Å². The lowest BCUT2D eigenvalue weighted by Crippen LogP contribution is -1.98. The summed E-state index contributed by atoms with van der Waals surface area (Å²) in [6.07, 6.45) is 8.57. The van der Waals surface area contributed by atoms with E-state index in [9.17, 15) is 4.79 Å². The van der Waals surface area contributed by atoms with E-state index in [1.165, 1.54) is 6.08 Å².